The molecular weight excluding hydrogens is 332 g/mol. The fourth-order valence-electron chi connectivity index (χ4n) is 3.23. The first-order valence-corrected chi connectivity index (χ1v) is 9.42. The highest BCUT2D eigenvalue weighted by molar-refractivity contribution is 5.78. The Balaban J connectivity index is 1.77. The van der Waals surface area contributed by atoms with Crippen molar-refractivity contribution in [3.05, 3.63) is 29.8 Å². The smallest absolute Gasteiger partial charge is 0.239 e. The third-order valence-corrected chi connectivity index (χ3v) is 4.76. The lowest BCUT2D eigenvalue weighted by molar-refractivity contribution is -0.154. The summed E-state index contributed by atoms with van der Waals surface area (Å²) in [5.41, 5.74) is 8.19. The van der Waals surface area contributed by atoms with Crippen LogP contribution in [-0.2, 0) is 16.0 Å². The summed E-state index contributed by atoms with van der Waals surface area (Å²) in [5, 5.41) is 13.4. The van der Waals surface area contributed by atoms with Gasteiger partial charge in [0.2, 0.25) is 12.3 Å². The second-order valence-corrected chi connectivity index (χ2v) is 6.83. The summed E-state index contributed by atoms with van der Waals surface area (Å²) in [4.78, 5) is 23.0. The van der Waals surface area contributed by atoms with E-state index >= 15 is 0 Å². The quantitative estimate of drug-likeness (QED) is 0.209. The maximum atomic E-state index is 12.4. The molecule has 0 saturated heterocycles. The molecule has 144 valence electrons. The van der Waals surface area contributed by atoms with Crippen LogP contribution >= 0.6 is 0 Å². The van der Waals surface area contributed by atoms with Crippen molar-refractivity contribution in [2.24, 2.45) is 5.92 Å². The Morgan fingerprint density at radius 2 is 2.23 bits per heavy atom. The van der Waals surface area contributed by atoms with Crippen molar-refractivity contribution in [3.8, 4) is 0 Å². The number of unbranched alkanes of at least 4 members (excludes halogenated alkanes) is 2. The molecule has 2 unspecified atom stereocenters. The van der Waals surface area contributed by atoms with Crippen LogP contribution in [0.1, 0.15) is 44.6 Å². The number of hydrogen-bond donors (Lipinski definition) is 4. The first-order chi connectivity index (χ1) is 12.6. The van der Waals surface area contributed by atoms with Gasteiger partial charge in [-0.2, -0.15) is 0 Å². The van der Waals surface area contributed by atoms with Crippen molar-refractivity contribution in [1.29, 1.82) is 0 Å². The lowest BCUT2D eigenvalue weighted by Crippen LogP contribution is -2.48. The minimum absolute atomic E-state index is 0.00970. The summed E-state index contributed by atoms with van der Waals surface area (Å²) in [7, 11) is 0. The molecule has 0 radical (unpaired) electrons. The number of fused-ring (bicyclic) bond motifs is 1. The third-order valence-electron chi connectivity index (χ3n) is 4.76. The number of hydrazine groups is 1. The number of benzene rings is 1. The van der Waals surface area contributed by atoms with Gasteiger partial charge in [-0.25, -0.2) is 10.5 Å². The van der Waals surface area contributed by atoms with Gasteiger partial charge in [-0.15, -0.1) is 0 Å². The highest BCUT2D eigenvalue weighted by atomic mass is 16.5. The normalized spacial score (nSPS) is 16.9. The van der Waals surface area contributed by atoms with Crippen LogP contribution in [0.3, 0.4) is 0 Å². The molecule has 0 bridgehead atoms. The van der Waals surface area contributed by atoms with Crippen LogP contribution in [-0.4, -0.2) is 41.7 Å². The fourth-order valence-corrected chi connectivity index (χ4v) is 3.23. The average Bonchev–Trinajstić information content (AvgIpc) is 2.67. The number of aryl methyl sites for hydroxylation is 1. The Hall–Kier alpha value is -2.12. The molecule has 1 aromatic rings. The first-order valence-electron chi connectivity index (χ1n) is 9.42. The van der Waals surface area contributed by atoms with Crippen molar-refractivity contribution < 1.29 is 14.8 Å². The minimum atomic E-state index is -0.427. The summed E-state index contributed by atoms with van der Waals surface area (Å²) in [5.74, 6) is -0.623. The summed E-state index contributed by atoms with van der Waals surface area (Å²) in [6.45, 7) is 2.71. The monoisotopic (exact) mass is 362 g/mol. The van der Waals surface area contributed by atoms with Crippen LogP contribution in [0.25, 0.3) is 0 Å². The summed E-state index contributed by atoms with van der Waals surface area (Å²) in [6, 6.07) is 8.49. The van der Waals surface area contributed by atoms with E-state index < -0.39 is 5.92 Å². The number of carbonyl (C=O) groups is 2. The molecule has 7 nitrogen and oxygen atoms in total. The van der Waals surface area contributed by atoms with Crippen molar-refractivity contribution >= 4 is 18.0 Å². The summed E-state index contributed by atoms with van der Waals surface area (Å²) in [6.07, 6.45) is 5.95. The molecule has 0 aliphatic carbocycles. The van der Waals surface area contributed by atoms with Crippen molar-refractivity contribution in [3.63, 3.8) is 0 Å². The van der Waals surface area contributed by atoms with Gasteiger partial charge >= 0.3 is 0 Å². The molecule has 1 aliphatic heterocycles. The summed E-state index contributed by atoms with van der Waals surface area (Å²) >= 11 is 0. The predicted molar refractivity (Wildman–Crippen MR) is 101 cm³/mol. The van der Waals surface area contributed by atoms with Crippen LogP contribution in [0.2, 0.25) is 0 Å². The zero-order chi connectivity index (χ0) is 18.8. The number of amides is 2. The molecule has 2 atom stereocenters. The van der Waals surface area contributed by atoms with E-state index in [0.29, 0.717) is 24.4 Å². The standard InChI is InChI=1S/C19H30N4O3/c1-2-3-4-8-16(13-23(26)14-24)19(25)22-20-12-17-11-10-15-7-5-6-9-18(15)21-17/h5-7,9,14,16-17,20-21,26H,2-4,8,10-13H2,1H3,(H,22,25). The van der Waals surface area contributed by atoms with E-state index in [2.05, 4.69) is 35.2 Å². The molecule has 1 heterocycles. The largest absolute Gasteiger partial charge is 0.381 e. The molecule has 2 amide bonds. The van der Waals surface area contributed by atoms with Crippen LogP contribution in [0.15, 0.2) is 24.3 Å². The number of nitrogens with zero attached hydrogens (tertiary/aromatic N) is 1. The SMILES string of the molecule is CCCCCC(CN(O)C=O)C(=O)NNCC1CCc2ccccc2N1. The molecule has 2 rings (SSSR count). The zero-order valence-electron chi connectivity index (χ0n) is 15.4. The Morgan fingerprint density at radius 1 is 1.42 bits per heavy atom. The van der Waals surface area contributed by atoms with E-state index in [1.54, 1.807) is 0 Å². The van der Waals surface area contributed by atoms with Crippen LogP contribution in [0.5, 0.6) is 0 Å². The second kappa shape index (κ2) is 10.8. The zero-order valence-corrected chi connectivity index (χ0v) is 15.4. The Bertz CT molecular complexity index is 582. The number of carbonyl (C=O) groups excluding carboxylic acids is 2. The Morgan fingerprint density at radius 3 is 3.00 bits per heavy atom. The highest BCUT2D eigenvalue weighted by Crippen LogP contribution is 2.23. The van der Waals surface area contributed by atoms with Gasteiger partial charge < -0.3 is 5.32 Å². The maximum Gasteiger partial charge on any atom is 0.239 e. The van der Waals surface area contributed by atoms with Crippen molar-refractivity contribution in [2.45, 2.75) is 51.5 Å². The molecule has 1 aliphatic rings. The predicted octanol–water partition coefficient (Wildman–Crippen LogP) is 2.08. The van der Waals surface area contributed by atoms with Gasteiger partial charge in [0.1, 0.15) is 0 Å². The second-order valence-electron chi connectivity index (χ2n) is 6.83. The van der Waals surface area contributed by atoms with Crippen LogP contribution in [0, 0.1) is 5.92 Å². The van der Waals surface area contributed by atoms with Crippen molar-refractivity contribution in [1.82, 2.24) is 15.9 Å². The molecule has 0 saturated carbocycles. The summed E-state index contributed by atoms with van der Waals surface area (Å²) < 4.78 is 0. The van der Waals surface area contributed by atoms with Gasteiger partial charge in [-0.3, -0.25) is 20.2 Å². The topological polar surface area (TPSA) is 93.7 Å². The molecule has 0 fully saturated rings. The molecule has 7 heteroatoms. The maximum absolute atomic E-state index is 12.4. The minimum Gasteiger partial charge on any atom is -0.381 e. The average molecular weight is 362 g/mol. The number of para-hydroxylation sites is 1. The fraction of sp³-hybridized carbons (Fsp3) is 0.579. The van der Waals surface area contributed by atoms with Gasteiger partial charge in [0.05, 0.1) is 12.5 Å². The number of anilines is 1. The Labute approximate surface area is 155 Å². The number of nitrogens with one attached hydrogen (secondary N) is 3. The van der Waals surface area contributed by atoms with Gasteiger partial charge in [-0.05, 0) is 30.9 Å². The number of rotatable bonds is 11. The molecule has 4 N–H and O–H groups in total. The van der Waals surface area contributed by atoms with Gasteiger partial charge in [0.15, 0.2) is 0 Å². The number of hydrogen-bond acceptors (Lipinski definition) is 5. The molecule has 1 aromatic carbocycles. The highest BCUT2D eigenvalue weighted by Gasteiger charge is 2.21. The van der Waals surface area contributed by atoms with E-state index in [9.17, 15) is 14.8 Å². The Kier molecular flexibility index (Phi) is 8.37. The van der Waals surface area contributed by atoms with E-state index in [4.69, 9.17) is 0 Å². The van der Waals surface area contributed by atoms with Crippen molar-refractivity contribution in [2.75, 3.05) is 18.4 Å². The lowest BCUT2D eigenvalue weighted by atomic mass is 9.98. The molecule has 26 heavy (non-hydrogen) atoms. The van der Waals surface area contributed by atoms with Gasteiger partial charge in [0.25, 0.3) is 0 Å². The van der Waals surface area contributed by atoms with E-state index in [-0.39, 0.29) is 18.5 Å². The molecule has 0 aromatic heterocycles. The van der Waals surface area contributed by atoms with Crippen LogP contribution < -0.4 is 16.2 Å². The number of hydroxylamine groups is 2. The van der Waals surface area contributed by atoms with E-state index in [0.717, 1.165) is 37.8 Å². The third kappa shape index (κ3) is 6.31. The van der Waals surface area contributed by atoms with E-state index in [1.807, 2.05) is 12.1 Å². The van der Waals surface area contributed by atoms with Gasteiger partial charge in [-0.1, -0.05) is 44.4 Å². The molecule has 0 spiro atoms. The van der Waals surface area contributed by atoms with Crippen LogP contribution in [0.4, 0.5) is 5.69 Å². The molecular formula is C19H30N4O3. The lowest BCUT2D eigenvalue weighted by Gasteiger charge is -2.27. The van der Waals surface area contributed by atoms with Gasteiger partial charge in [0, 0.05) is 18.3 Å². The van der Waals surface area contributed by atoms with E-state index in [1.165, 1.54) is 5.56 Å². The first kappa shape index (κ1) is 20.2.